The number of rotatable bonds is 13. The van der Waals surface area contributed by atoms with Gasteiger partial charge in [-0.25, -0.2) is 4.68 Å². The van der Waals surface area contributed by atoms with Gasteiger partial charge in [0.15, 0.2) is 5.82 Å². The molecule has 0 saturated heterocycles. The third-order valence-corrected chi connectivity index (χ3v) is 6.99. The summed E-state index contributed by atoms with van der Waals surface area (Å²) in [6.07, 6.45) is 6.31. The van der Waals surface area contributed by atoms with Crippen LogP contribution in [0.1, 0.15) is 55.1 Å². The van der Waals surface area contributed by atoms with E-state index < -0.39 is 0 Å². The molecule has 2 aliphatic rings. The summed E-state index contributed by atoms with van der Waals surface area (Å²) in [6.45, 7) is 3.00. The molecule has 0 amide bonds. The molecule has 0 bridgehead atoms. The Morgan fingerprint density at radius 3 is 2.58 bits per heavy atom. The van der Waals surface area contributed by atoms with Gasteiger partial charge in [-0.05, 0) is 77.1 Å². The predicted molar refractivity (Wildman–Crippen MR) is 126 cm³/mol. The van der Waals surface area contributed by atoms with Crippen molar-refractivity contribution in [2.24, 2.45) is 11.3 Å². The van der Waals surface area contributed by atoms with E-state index in [-0.39, 0.29) is 6.04 Å². The fourth-order valence-corrected chi connectivity index (χ4v) is 4.68. The third kappa shape index (κ3) is 5.42. The third-order valence-electron chi connectivity index (χ3n) is 6.99. The monoisotopic (exact) mass is 447 g/mol. The fraction of sp³-hybridized carbons (Fsp3) is 0.500. The fourth-order valence-electron chi connectivity index (χ4n) is 4.68. The highest BCUT2D eigenvalue weighted by Crippen LogP contribution is 2.61. The molecule has 174 valence electrons. The SMILES string of the molecule is COCCCn1nnnc1C(NCC1(C2CC2)CC1)c1ccc(OCc2ccccc2)cc1. The Hall–Kier alpha value is -2.77. The maximum atomic E-state index is 5.99. The summed E-state index contributed by atoms with van der Waals surface area (Å²) in [4.78, 5) is 0. The van der Waals surface area contributed by atoms with Crippen LogP contribution in [0.15, 0.2) is 54.6 Å². The number of nitrogens with one attached hydrogen (secondary N) is 1. The molecule has 2 fully saturated rings. The summed E-state index contributed by atoms with van der Waals surface area (Å²) in [5, 5.41) is 16.5. The van der Waals surface area contributed by atoms with E-state index in [9.17, 15) is 0 Å². The lowest BCUT2D eigenvalue weighted by Crippen LogP contribution is -2.32. The first-order valence-electron chi connectivity index (χ1n) is 12.0. The Bertz CT molecular complexity index is 1010. The average Bonchev–Trinajstić information content (AvgIpc) is 3.78. The van der Waals surface area contributed by atoms with Crippen LogP contribution in [-0.4, -0.2) is 40.5 Å². The van der Waals surface area contributed by atoms with Crippen molar-refractivity contribution in [3.63, 3.8) is 0 Å². The van der Waals surface area contributed by atoms with E-state index in [2.05, 4.69) is 45.1 Å². The van der Waals surface area contributed by atoms with Gasteiger partial charge in [-0.2, -0.15) is 0 Å². The lowest BCUT2D eigenvalue weighted by Gasteiger charge is -2.23. The van der Waals surface area contributed by atoms with Crippen LogP contribution < -0.4 is 10.1 Å². The van der Waals surface area contributed by atoms with Crippen molar-refractivity contribution in [1.29, 1.82) is 0 Å². The first-order valence-corrected chi connectivity index (χ1v) is 12.0. The summed E-state index contributed by atoms with van der Waals surface area (Å²) >= 11 is 0. The molecule has 1 aromatic heterocycles. The number of methoxy groups -OCH3 is 1. The Balaban J connectivity index is 1.31. The number of nitrogens with zero attached hydrogens (tertiary/aromatic N) is 4. The van der Waals surface area contributed by atoms with Crippen molar-refractivity contribution < 1.29 is 9.47 Å². The second-order valence-corrected chi connectivity index (χ2v) is 9.40. The van der Waals surface area contributed by atoms with Crippen LogP contribution in [0.5, 0.6) is 5.75 Å². The van der Waals surface area contributed by atoms with E-state index in [1.807, 2.05) is 35.0 Å². The lowest BCUT2D eigenvalue weighted by atomic mass is 9.98. The number of hydrogen-bond acceptors (Lipinski definition) is 6. The van der Waals surface area contributed by atoms with Crippen molar-refractivity contribution in [3.05, 3.63) is 71.5 Å². The van der Waals surface area contributed by atoms with E-state index in [4.69, 9.17) is 9.47 Å². The molecule has 7 heteroatoms. The number of tetrazole rings is 1. The quantitative estimate of drug-likeness (QED) is 0.397. The van der Waals surface area contributed by atoms with Gasteiger partial charge in [-0.1, -0.05) is 42.5 Å². The molecule has 1 atom stereocenters. The summed E-state index contributed by atoms with van der Waals surface area (Å²) in [6, 6.07) is 18.5. The van der Waals surface area contributed by atoms with E-state index in [1.54, 1.807) is 7.11 Å². The van der Waals surface area contributed by atoms with Crippen LogP contribution >= 0.6 is 0 Å². The lowest BCUT2D eigenvalue weighted by molar-refractivity contribution is 0.188. The Labute approximate surface area is 195 Å². The Morgan fingerprint density at radius 1 is 1.09 bits per heavy atom. The van der Waals surface area contributed by atoms with Gasteiger partial charge in [-0.15, -0.1) is 5.10 Å². The molecular formula is C26H33N5O2. The summed E-state index contributed by atoms with van der Waals surface area (Å²) in [5.74, 6) is 2.62. The van der Waals surface area contributed by atoms with Gasteiger partial charge in [-0.3, -0.25) is 0 Å². The van der Waals surface area contributed by atoms with Gasteiger partial charge in [0.25, 0.3) is 0 Å². The number of aromatic nitrogens is 4. The predicted octanol–water partition coefficient (Wildman–Crippen LogP) is 4.16. The topological polar surface area (TPSA) is 74.1 Å². The number of ether oxygens (including phenoxy) is 2. The van der Waals surface area contributed by atoms with E-state index >= 15 is 0 Å². The van der Waals surface area contributed by atoms with Gasteiger partial charge in [0, 0.05) is 26.8 Å². The first-order chi connectivity index (χ1) is 16.3. The van der Waals surface area contributed by atoms with Crippen LogP contribution in [0, 0.1) is 11.3 Å². The Kier molecular flexibility index (Phi) is 6.69. The molecule has 2 aliphatic carbocycles. The summed E-state index contributed by atoms with van der Waals surface area (Å²) < 4.78 is 13.1. The Morgan fingerprint density at radius 2 is 1.88 bits per heavy atom. The molecule has 5 rings (SSSR count). The van der Waals surface area contributed by atoms with Gasteiger partial charge in [0.2, 0.25) is 0 Å². The maximum Gasteiger partial charge on any atom is 0.172 e. The zero-order chi connectivity index (χ0) is 22.5. The maximum absolute atomic E-state index is 5.99. The van der Waals surface area contributed by atoms with Crippen LogP contribution in [-0.2, 0) is 17.9 Å². The van der Waals surface area contributed by atoms with Gasteiger partial charge in [0.1, 0.15) is 12.4 Å². The molecule has 2 aromatic carbocycles. The molecule has 0 aliphatic heterocycles. The van der Waals surface area contributed by atoms with Crippen molar-refractivity contribution in [2.75, 3.05) is 20.3 Å². The minimum Gasteiger partial charge on any atom is -0.489 e. The number of hydrogen-bond donors (Lipinski definition) is 1. The summed E-state index contributed by atoms with van der Waals surface area (Å²) in [5.41, 5.74) is 2.80. The zero-order valence-electron chi connectivity index (χ0n) is 19.3. The minimum absolute atomic E-state index is 0.0538. The molecule has 7 nitrogen and oxygen atoms in total. The molecule has 1 heterocycles. The second kappa shape index (κ2) is 10.0. The smallest absolute Gasteiger partial charge is 0.172 e. The zero-order valence-corrected chi connectivity index (χ0v) is 19.3. The van der Waals surface area contributed by atoms with Crippen molar-refractivity contribution >= 4 is 0 Å². The van der Waals surface area contributed by atoms with E-state index in [1.165, 1.54) is 25.7 Å². The normalized spacial score (nSPS) is 17.6. The van der Waals surface area contributed by atoms with Crippen LogP contribution in [0.4, 0.5) is 0 Å². The molecule has 33 heavy (non-hydrogen) atoms. The number of aryl methyl sites for hydroxylation is 1. The second-order valence-electron chi connectivity index (χ2n) is 9.40. The number of benzene rings is 2. The van der Waals surface area contributed by atoms with E-state index in [0.717, 1.165) is 48.1 Å². The van der Waals surface area contributed by atoms with Crippen LogP contribution in [0.3, 0.4) is 0 Å². The first kappa shape index (κ1) is 22.0. The minimum atomic E-state index is -0.0538. The molecule has 3 aromatic rings. The molecule has 0 radical (unpaired) electrons. The molecule has 2 saturated carbocycles. The van der Waals surface area contributed by atoms with Gasteiger partial charge >= 0.3 is 0 Å². The highest BCUT2D eigenvalue weighted by molar-refractivity contribution is 5.32. The highest BCUT2D eigenvalue weighted by Gasteiger charge is 2.53. The molecule has 1 N–H and O–H groups in total. The molecule has 1 unspecified atom stereocenters. The highest BCUT2D eigenvalue weighted by atomic mass is 16.5. The van der Waals surface area contributed by atoms with Crippen LogP contribution in [0.25, 0.3) is 0 Å². The van der Waals surface area contributed by atoms with Crippen molar-refractivity contribution in [3.8, 4) is 5.75 Å². The largest absolute Gasteiger partial charge is 0.489 e. The van der Waals surface area contributed by atoms with Crippen molar-refractivity contribution in [2.45, 2.75) is 51.3 Å². The van der Waals surface area contributed by atoms with Gasteiger partial charge in [0.05, 0.1) is 6.04 Å². The van der Waals surface area contributed by atoms with E-state index in [0.29, 0.717) is 18.6 Å². The standard InChI is InChI=1S/C26H33N5O2/c1-32-17-5-16-31-25(28-29-30-31)24(27-19-26(14-15-26)22-10-11-22)21-8-12-23(13-9-21)33-18-20-6-3-2-4-7-20/h2-4,6-9,12-13,22,24,27H,5,10-11,14-19H2,1H3. The molecule has 0 spiro atoms. The summed E-state index contributed by atoms with van der Waals surface area (Å²) in [7, 11) is 1.72. The van der Waals surface area contributed by atoms with Crippen molar-refractivity contribution in [1.82, 2.24) is 25.5 Å². The van der Waals surface area contributed by atoms with Crippen LogP contribution in [0.2, 0.25) is 0 Å². The average molecular weight is 448 g/mol. The molecular weight excluding hydrogens is 414 g/mol. The van der Waals surface area contributed by atoms with Gasteiger partial charge < -0.3 is 14.8 Å².